The van der Waals surface area contributed by atoms with E-state index in [4.69, 9.17) is 10.8 Å². The van der Waals surface area contributed by atoms with E-state index >= 15 is 0 Å². The minimum absolute atomic E-state index is 0.0247. The molecule has 0 aliphatic heterocycles. The Morgan fingerprint density at radius 3 is 2.20 bits per heavy atom. The molecule has 0 saturated carbocycles. The summed E-state index contributed by atoms with van der Waals surface area (Å²) in [6.45, 7) is 5.98. The summed E-state index contributed by atoms with van der Waals surface area (Å²) in [6, 6.07) is 7.18. The van der Waals surface area contributed by atoms with Gasteiger partial charge in [-0.2, -0.15) is 0 Å². The molecule has 1 unspecified atom stereocenters. The van der Waals surface area contributed by atoms with Crippen LogP contribution in [-0.4, -0.2) is 11.1 Å². The first kappa shape index (κ1) is 13.7. The van der Waals surface area contributed by atoms with Gasteiger partial charge < -0.3 is 10.8 Å². The Morgan fingerprint density at radius 2 is 1.80 bits per heavy atom. The highest BCUT2D eigenvalue weighted by Gasteiger charge is 2.09. The summed E-state index contributed by atoms with van der Waals surface area (Å²) in [7, 11) is 0. The first-order chi connectivity index (χ1) is 7.09. The Morgan fingerprint density at radius 1 is 1.33 bits per heavy atom. The maximum Gasteiger partial charge on any atom is 0.305 e. The summed E-state index contributed by atoms with van der Waals surface area (Å²) >= 11 is 0. The molecule has 3 nitrogen and oxygen atoms in total. The van der Waals surface area contributed by atoms with E-state index in [0.717, 1.165) is 11.1 Å². The van der Waals surface area contributed by atoms with Crippen LogP contribution >= 0.6 is 0 Å². The average molecular weight is 209 g/mol. The molecule has 84 valence electrons. The van der Waals surface area contributed by atoms with E-state index in [1.54, 1.807) is 0 Å². The predicted molar refractivity (Wildman–Crippen MR) is 61.7 cm³/mol. The van der Waals surface area contributed by atoms with E-state index in [1.807, 2.05) is 45.0 Å². The molecule has 3 N–H and O–H groups in total. The van der Waals surface area contributed by atoms with Gasteiger partial charge in [0.1, 0.15) is 0 Å². The molecule has 0 radical (unpaired) electrons. The molecule has 1 rings (SSSR count). The number of hydrogen-bond donors (Lipinski definition) is 2. The Balaban J connectivity index is 0.000000921. The SMILES string of the molecule is CC.Cc1ccc(C(N)CC(=O)O)cc1. The van der Waals surface area contributed by atoms with E-state index in [-0.39, 0.29) is 6.42 Å². The number of nitrogens with two attached hydrogens (primary N) is 1. The lowest BCUT2D eigenvalue weighted by molar-refractivity contribution is -0.137. The van der Waals surface area contributed by atoms with Crippen molar-refractivity contribution >= 4 is 5.97 Å². The molecule has 0 amide bonds. The molecule has 0 heterocycles. The Kier molecular flexibility index (Phi) is 6.38. The normalized spacial score (nSPS) is 11.2. The molecule has 0 saturated heterocycles. The molecule has 0 fully saturated rings. The molecule has 0 aromatic heterocycles. The molecule has 15 heavy (non-hydrogen) atoms. The van der Waals surface area contributed by atoms with Crippen molar-refractivity contribution < 1.29 is 9.90 Å². The molecule has 0 aliphatic rings. The van der Waals surface area contributed by atoms with Gasteiger partial charge in [-0.3, -0.25) is 4.79 Å². The highest BCUT2D eigenvalue weighted by Crippen LogP contribution is 2.14. The zero-order valence-corrected chi connectivity index (χ0v) is 9.53. The maximum absolute atomic E-state index is 10.4. The standard InChI is InChI=1S/C10H13NO2.C2H6/c1-7-2-4-8(5-3-7)9(11)6-10(12)13;1-2/h2-5,9H,6,11H2,1H3,(H,12,13);1-2H3. The van der Waals surface area contributed by atoms with Crippen LogP contribution in [0.1, 0.15) is 37.4 Å². The van der Waals surface area contributed by atoms with Crippen LogP contribution in [0.5, 0.6) is 0 Å². The second-order valence-electron chi connectivity index (χ2n) is 3.12. The third kappa shape index (κ3) is 5.18. The van der Waals surface area contributed by atoms with Crippen LogP contribution in [0, 0.1) is 6.92 Å². The van der Waals surface area contributed by atoms with Crippen molar-refractivity contribution in [3.63, 3.8) is 0 Å². The largest absolute Gasteiger partial charge is 0.481 e. The Labute approximate surface area is 90.9 Å². The number of rotatable bonds is 3. The van der Waals surface area contributed by atoms with Gasteiger partial charge in [0.2, 0.25) is 0 Å². The highest BCUT2D eigenvalue weighted by molar-refractivity contribution is 5.67. The fourth-order valence-corrected chi connectivity index (χ4v) is 1.12. The second kappa shape index (κ2) is 7.01. The number of aliphatic carboxylic acids is 1. The van der Waals surface area contributed by atoms with Crippen LogP contribution in [0.15, 0.2) is 24.3 Å². The Bertz CT molecular complexity index is 293. The van der Waals surface area contributed by atoms with Crippen LogP contribution in [-0.2, 0) is 4.79 Å². The molecule has 0 aliphatic carbocycles. The van der Waals surface area contributed by atoms with Crippen molar-refractivity contribution in [3.05, 3.63) is 35.4 Å². The molecule has 0 bridgehead atoms. The molecule has 3 heteroatoms. The van der Waals surface area contributed by atoms with Gasteiger partial charge in [-0.15, -0.1) is 0 Å². The van der Waals surface area contributed by atoms with E-state index < -0.39 is 12.0 Å². The quantitative estimate of drug-likeness (QED) is 0.804. The van der Waals surface area contributed by atoms with E-state index in [2.05, 4.69) is 0 Å². The summed E-state index contributed by atoms with van der Waals surface area (Å²) in [5.74, 6) is -0.868. The summed E-state index contributed by atoms with van der Waals surface area (Å²) in [6.07, 6.45) is -0.0247. The number of carboxylic acid groups (broad SMARTS) is 1. The van der Waals surface area contributed by atoms with Gasteiger partial charge in [0.15, 0.2) is 0 Å². The number of carboxylic acids is 1. The maximum atomic E-state index is 10.4. The van der Waals surface area contributed by atoms with Crippen LogP contribution in [0.3, 0.4) is 0 Å². The lowest BCUT2D eigenvalue weighted by Gasteiger charge is -2.08. The number of carbonyl (C=O) groups is 1. The average Bonchev–Trinajstić information content (AvgIpc) is 2.20. The van der Waals surface area contributed by atoms with Crippen molar-refractivity contribution in [2.24, 2.45) is 5.73 Å². The second-order valence-corrected chi connectivity index (χ2v) is 3.12. The zero-order chi connectivity index (χ0) is 11.8. The lowest BCUT2D eigenvalue weighted by atomic mass is 10.0. The van der Waals surface area contributed by atoms with Crippen molar-refractivity contribution in [2.45, 2.75) is 33.2 Å². The minimum atomic E-state index is -0.868. The fourth-order valence-electron chi connectivity index (χ4n) is 1.12. The number of benzene rings is 1. The van der Waals surface area contributed by atoms with Crippen molar-refractivity contribution in [3.8, 4) is 0 Å². The van der Waals surface area contributed by atoms with Crippen LogP contribution in [0.4, 0.5) is 0 Å². The number of hydrogen-bond acceptors (Lipinski definition) is 2. The molecule has 1 aromatic carbocycles. The van der Waals surface area contributed by atoms with Crippen molar-refractivity contribution in [1.82, 2.24) is 0 Å². The van der Waals surface area contributed by atoms with E-state index in [1.165, 1.54) is 0 Å². The summed E-state index contributed by atoms with van der Waals surface area (Å²) in [4.78, 5) is 10.4. The first-order valence-corrected chi connectivity index (χ1v) is 5.13. The molecular formula is C12H19NO2. The van der Waals surface area contributed by atoms with Crippen molar-refractivity contribution in [2.75, 3.05) is 0 Å². The minimum Gasteiger partial charge on any atom is -0.481 e. The summed E-state index contributed by atoms with van der Waals surface area (Å²) in [5.41, 5.74) is 7.68. The number of aryl methyl sites for hydroxylation is 1. The van der Waals surface area contributed by atoms with Gasteiger partial charge in [0.05, 0.1) is 6.42 Å². The summed E-state index contributed by atoms with van der Waals surface area (Å²) in [5, 5.41) is 8.52. The monoisotopic (exact) mass is 209 g/mol. The fraction of sp³-hybridized carbons (Fsp3) is 0.417. The third-order valence-electron chi connectivity index (χ3n) is 1.90. The van der Waals surface area contributed by atoms with Gasteiger partial charge in [-0.1, -0.05) is 43.7 Å². The molecular weight excluding hydrogens is 190 g/mol. The highest BCUT2D eigenvalue weighted by atomic mass is 16.4. The Hall–Kier alpha value is -1.35. The molecule has 1 atom stereocenters. The third-order valence-corrected chi connectivity index (χ3v) is 1.90. The molecule has 0 spiro atoms. The van der Waals surface area contributed by atoms with Gasteiger partial charge in [0.25, 0.3) is 0 Å². The van der Waals surface area contributed by atoms with Gasteiger partial charge in [-0.05, 0) is 12.5 Å². The first-order valence-electron chi connectivity index (χ1n) is 5.13. The van der Waals surface area contributed by atoms with E-state index in [9.17, 15) is 4.79 Å². The summed E-state index contributed by atoms with van der Waals surface area (Å²) < 4.78 is 0. The van der Waals surface area contributed by atoms with Gasteiger partial charge in [-0.25, -0.2) is 0 Å². The smallest absolute Gasteiger partial charge is 0.305 e. The van der Waals surface area contributed by atoms with Crippen molar-refractivity contribution in [1.29, 1.82) is 0 Å². The molecule has 1 aromatic rings. The topological polar surface area (TPSA) is 63.3 Å². The zero-order valence-electron chi connectivity index (χ0n) is 9.53. The predicted octanol–water partition coefficient (Wildman–Crippen LogP) is 2.50. The van der Waals surface area contributed by atoms with Crippen LogP contribution in [0.25, 0.3) is 0 Å². The van der Waals surface area contributed by atoms with Gasteiger partial charge >= 0.3 is 5.97 Å². The lowest BCUT2D eigenvalue weighted by Crippen LogP contribution is -2.14. The van der Waals surface area contributed by atoms with E-state index in [0.29, 0.717) is 0 Å². The van der Waals surface area contributed by atoms with Crippen LogP contribution in [0.2, 0.25) is 0 Å². The van der Waals surface area contributed by atoms with Gasteiger partial charge in [0, 0.05) is 6.04 Å². The van der Waals surface area contributed by atoms with Crippen LogP contribution < -0.4 is 5.73 Å².